The molecule has 1 aromatic rings. The van der Waals surface area contributed by atoms with Gasteiger partial charge in [-0.15, -0.1) is 0 Å². The Morgan fingerprint density at radius 3 is 2.47 bits per heavy atom. The van der Waals surface area contributed by atoms with E-state index in [2.05, 4.69) is 5.32 Å². The third kappa shape index (κ3) is 6.45. The Hall–Kier alpha value is -2.04. The highest BCUT2D eigenvalue weighted by molar-refractivity contribution is 5.78. The highest BCUT2D eigenvalue weighted by Gasteiger charge is 2.23. The molecule has 0 saturated carbocycles. The maximum absolute atomic E-state index is 11.6. The highest BCUT2D eigenvalue weighted by atomic mass is 16.5. The van der Waals surface area contributed by atoms with E-state index < -0.39 is 11.5 Å². The molecule has 0 aliphatic carbocycles. The van der Waals surface area contributed by atoms with Gasteiger partial charge in [-0.05, 0) is 26.0 Å². The van der Waals surface area contributed by atoms with Crippen molar-refractivity contribution in [3.63, 3.8) is 0 Å². The molecule has 19 heavy (non-hydrogen) atoms. The van der Waals surface area contributed by atoms with Gasteiger partial charge in [0, 0.05) is 5.54 Å². The normalized spacial score (nSPS) is 10.8. The zero-order chi connectivity index (χ0) is 14.3. The van der Waals surface area contributed by atoms with E-state index in [0.717, 1.165) is 0 Å². The lowest BCUT2D eigenvalue weighted by Crippen LogP contribution is -2.45. The Morgan fingerprint density at radius 2 is 1.89 bits per heavy atom. The topological polar surface area (TPSA) is 75.6 Å². The molecular formula is C14H19NO4. The van der Waals surface area contributed by atoms with E-state index in [1.54, 1.807) is 13.8 Å². The first-order valence-electron chi connectivity index (χ1n) is 6.10. The van der Waals surface area contributed by atoms with E-state index in [1.165, 1.54) is 0 Å². The van der Waals surface area contributed by atoms with E-state index in [0.29, 0.717) is 5.75 Å². The third-order valence-corrected chi connectivity index (χ3v) is 2.41. The molecule has 0 unspecified atom stereocenters. The molecule has 0 atom stereocenters. The van der Waals surface area contributed by atoms with Crippen LogP contribution < -0.4 is 10.1 Å². The molecule has 104 valence electrons. The lowest BCUT2D eigenvalue weighted by molar-refractivity contribution is -0.138. The standard InChI is InChI=1S/C14H19NO4/c1-14(2,10-13(17)18)15-12(16)8-9-19-11-6-4-3-5-7-11/h3-7H,8-10H2,1-2H3,(H,15,16)(H,17,18). The van der Waals surface area contributed by atoms with Gasteiger partial charge in [0.2, 0.25) is 5.91 Å². The molecule has 0 aliphatic rings. The molecule has 0 saturated heterocycles. The van der Waals surface area contributed by atoms with Gasteiger partial charge in [0.25, 0.3) is 0 Å². The Labute approximate surface area is 112 Å². The first-order valence-corrected chi connectivity index (χ1v) is 6.10. The third-order valence-electron chi connectivity index (χ3n) is 2.41. The number of para-hydroxylation sites is 1. The Kier molecular flexibility index (Phi) is 5.36. The van der Waals surface area contributed by atoms with Crippen LogP contribution in [0.3, 0.4) is 0 Å². The highest BCUT2D eigenvalue weighted by Crippen LogP contribution is 2.10. The van der Waals surface area contributed by atoms with Crippen molar-refractivity contribution in [1.29, 1.82) is 0 Å². The summed E-state index contributed by atoms with van der Waals surface area (Å²) in [6.45, 7) is 3.62. The lowest BCUT2D eigenvalue weighted by atomic mass is 10.0. The van der Waals surface area contributed by atoms with Crippen molar-refractivity contribution < 1.29 is 19.4 Å². The number of hydrogen-bond acceptors (Lipinski definition) is 3. The summed E-state index contributed by atoms with van der Waals surface area (Å²) in [5.74, 6) is -0.451. The van der Waals surface area contributed by atoms with Gasteiger partial charge in [-0.1, -0.05) is 18.2 Å². The summed E-state index contributed by atoms with van der Waals surface area (Å²) in [5.41, 5.74) is -0.754. The molecule has 0 heterocycles. The molecule has 0 aromatic heterocycles. The van der Waals surface area contributed by atoms with E-state index in [1.807, 2.05) is 30.3 Å². The summed E-state index contributed by atoms with van der Waals surface area (Å²) < 4.78 is 5.40. The van der Waals surface area contributed by atoms with Crippen LogP contribution in [0.25, 0.3) is 0 Å². The second kappa shape index (κ2) is 6.78. The molecule has 0 aliphatic heterocycles. The minimum Gasteiger partial charge on any atom is -0.493 e. The number of carbonyl (C=O) groups is 2. The maximum atomic E-state index is 11.6. The summed E-state index contributed by atoms with van der Waals surface area (Å²) in [6, 6.07) is 9.21. The van der Waals surface area contributed by atoms with Crippen LogP contribution in [0.4, 0.5) is 0 Å². The summed E-state index contributed by atoms with van der Waals surface area (Å²) >= 11 is 0. The Morgan fingerprint density at radius 1 is 1.26 bits per heavy atom. The predicted octanol–water partition coefficient (Wildman–Crippen LogP) is 1.82. The fourth-order valence-electron chi connectivity index (χ4n) is 1.64. The fourth-order valence-corrected chi connectivity index (χ4v) is 1.64. The molecule has 5 heteroatoms. The van der Waals surface area contributed by atoms with Crippen LogP contribution in [0, 0.1) is 0 Å². The first kappa shape index (κ1) is 15.0. The minimum absolute atomic E-state index is 0.113. The summed E-state index contributed by atoms with van der Waals surface area (Å²) in [5, 5.41) is 11.4. The SMILES string of the molecule is CC(C)(CC(=O)O)NC(=O)CCOc1ccccc1. The number of benzene rings is 1. The van der Waals surface area contributed by atoms with Gasteiger partial charge in [0.15, 0.2) is 0 Å². The minimum atomic E-state index is -0.939. The summed E-state index contributed by atoms with van der Waals surface area (Å²) in [4.78, 5) is 22.3. The number of carboxylic acids is 1. The molecule has 0 bridgehead atoms. The van der Waals surface area contributed by atoms with Crippen molar-refractivity contribution in [3.8, 4) is 5.75 Å². The van der Waals surface area contributed by atoms with Crippen molar-refractivity contribution in [2.24, 2.45) is 0 Å². The number of rotatable bonds is 7. The molecule has 1 amide bonds. The average Bonchev–Trinajstić information content (AvgIpc) is 2.27. The van der Waals surface area contributed by atoms with Gasteiger partial charge in [0.05, 0.1) is 19.4 Å². The zero-order valence-electron chi connectivity index (χ0n) is 11.2. The molecule has 1 rings (SSSR count). The zero-order valence-corrected chi connectivity index (χ0v) is 11.2. The van der Waals surface area contributed by atoms with Crippen molar-refractivity contribution in [2.45, 2.75) is 32.2 Å². The van der Waals surface area contributed by atoms with Gasteiger partial charge in [-0.25, -0.2) is 0 Å². The van der Waals surface area contributed by atoms with Gasteiger partial charge in [-0.2, -0.15) is 0 Å². The molecule has 0 spiro atoms. The Bertz CT molecular complexity index is 428. The number of nitrogens with one attached hydrogen (secondary N) is 1. The van der Waals surface area contributed by atoms with Gasteiger partial charge in [0.1, 0.15) is 5.75 Å². The maximum Gasteiger partial charge on any atom is 0.305 e. The number of aliphatic carboxylic acids is 1. The quantitative estimate of drug-likeness (QED) is 0.788. The van der Waals surface area contributed by atoms with E-state index >= 15 is 0 Å². The predicted molar refractivity (Wildman–Crippen MR) is 71.0 cm³/mol. The van der Waals surface area contributed by atoms with Gasteiger partial charge < -0.3 is 15.2 Å². The number of carboxylic acid groups (broad SMARTS) is 1. The second-order valence-corrected chi connectivity index (χ2v) is 4.91. The number of ether oxygens (including phenoxy) is 1. The molecule has 2 N–H and O–H groups in total. The second-order valence-electron chi connectivity index (χ2n) is 4.91. The van der Waals surface area contributed by atoms with Crippen LogP contribution in [-0.2, 0) is 9.59 Å². The fraction of sp³-hybridized carbons (Fsp3) is 0.429. The number of hydrogen-bond donors (Lipinski definition) is 2. The molecule has 1 aromatic carbocycles. The monoisotopic (exact) mass is 265 g/mol. The molecule has 0 fully saturated rings. The van der Waals surface area contributed by atoms with Crippen LogP contribution in [0.2, 0.25) is 0 Å². The van der Waals surface area contributed by atoms with Crippen LogP contribution in [0.1, 0.15) is 26.7 Å². The number of carbonyl (C=O) groups excluding carboxylic acids is 1. The summed E-state index contributed by atoms with van der Waals surface area (Å²) in [7, 11) is 0. The van der Waals surface area contributed by atoms with Crippen molar-refractivity contribution >= 4 is 11.9 Å². The van der Waals surface area contributed by atoms with Crippen LogP contribution in [0.5, 0.6) is 5.75 Å². The molecular weight excluding hydrogens is 246 g/mol. The number of amides is 1. The van der Waals surface area contributed by atoms with Gasteiger partial charge >= 0.3 is 5.97 Å². The Balaban J connectivity index is 2.30. The van der Waals surface area contributed by atoms with E-state index in [9.17, 15) is 9.59 Å². The molecule has 0 radical (unpaired) electrons. The van der Waals surface area contributed by atoms with Gasteiger partial charge in [-0.3, -0.25) is 9.59 Å². The average molecular weight is 265 g/mol. The van der Waals surface area contributed by atoms with Crippen LogP contribution in [0.15, 0.2) is 30.3 Å². The largest absolute Gasteiger partial charge is 0.493 e. The smallest absolute Gasteiger partial charge is 0.305 e. The molecule has 5 nitrogen and oxygen atoms in total. The van der Waals surface area contributed by atoms with E-state index in [4.69, 9.17) is 9.84 Å². The van der Waals surface area contributed by atoms with Crippen molar-refractivity contribution in [1.82, 2.24) is 5.32 Å². The van der Waals surface area contributed by atoms with E-state index in [-0.39, 0.29) is 25.4 Å². The van der Waals surface area contributed by atoms with Crippen molar-refractivity contribution in [2.75, 3.05) is 6.61 Å². The van der Waals surface area contributed by atoms with Crippen LogP contribution >= 0.6 is 0 Å². The first-order chi connectivity index (χ1) is 8.89. The van der Waals surface area contributed by atoms with Crippen molar-refractivity contribution in [3.05, 3.63) is 30.3 Å². The summed E-state index contributed by atoms with van der Waals surface area (Å²) in [6.07, 6.45) is 0.0796. The lowest BCUT2D eigenvalue weighted by Gasteiger charge is -2.24. The van der Waals surface area contributed by atoms with Crippen LogP contribution in [-0.4, -0.2) is 29.1 Å².